The van der Waals surface area contributed by atoms with Gasteiger partial charge in [0.25, 0.3) is 0 Å². The number of carbonyl (C=O) groups is 2. The first-order valence-corrected chi connectivity index (χ1v) is 10.9. The molecule has 28 heavy (non-hydrogen) atoms. The molecule has 1 aromatic rings. The molecule has 0 saturated carbocycles. The molecule has 1 saturated heterocycles. The van der Waals surface area contributed by atoms with Crippen molar-refractivity contribution in [2.45, 2.75) is 52.7 Å². The van der Waals surface area contributed by atoms with E-state index in [1.54, 1.807) is 0 Å². The van der Waals surface area contributed by atoms with Gasteiger partial charge in [-0.2, -0.15) is 0 Å². The number of hydrogen-bond donors (Lipinski definition) is 1. The molecular formula is C21H31IN2O4. The topological polar surface area (TPSA) is 67.9 Å². The molecule has 0 aromatic heterocycles. The van der Waals surface area contributed by atoms with Gasteiger partial charge in [0.2, 0.25) is 0 Å². The van der Waals surface area contributed by atoms with Crippen molar-refractivity contribution in [3.05, 3.63) is 32.9 Å². The molecule has 2 rings (SSSR count). The van der Waals surface area contributed by atoms with Crippen LogP contribution in [0.25, 0.3) is 0 Å². The molecule has 1 N–H and O–H groups in total. The van der Waals surface area contributed by atoms with Gasteiger partial charge in [0, 0.05) is 16.7 Å². The van der Waals surface area contributed by atoms with Gasteiger partial charge in [-0.25, -0.2) is 9.59 Å². The van der Waals surface area contributed by atoms with Crippen molar-refractivity contribution in [3.8, 4) is 0 Å². The number of hydrogen-bond acceptors (Lipinski definition) is 5. The summed E-state index contributed by atoms with van der Waals surface area (Å²) in [5.74, 6) is 0.203. The zero-order valence-electron chi connectivity index (χ0n) is 17.2. The van der Waals surface area contributed by atoms with Crippen molar-refractivity contribution in [1.82, 2.24) is 10.2 Å². The van der Waals surface area contributed by atoms with Gasteiger partial charge in [-0.1, -0.05) is 12.1 Å². The van der Waals surface area contributed by atoms with Crippen molar-refractivity contribution >= 4 is 34.7 Å². The van der Waals surface area contributed by atoms with E-state index in [1.165, 1.54) is 0 Å². The lowest BCUT2D eigenvalue weighted by atomic mass is 9.96. The van der Waals surface area contributed by atoms with Crippen LogP contribution in [-0.4, -0.2) is 48.8 Å². The second kappa shape index (κ2) is 10.4. The molecule has 1 aromatic carbocycles. The number of ether oxygens (including phenoxy) is 2. The number of amides is 1. The SMILES string of the molecule is CCOC(=O)c1cccc(CN2CCC(CNC(=O)OC(C)(C)C)CC2)c1I. The van der Waals surface area contributed by atoms with Crippen molar-refractivity contribution in [2.75, 3.05) is 26.2 Å². The summed E-state index contributed by atoms with van der Waals surface area (Å²) in [6, 6.07) is 5.81. The molecule has 1 amide bonds. The minimum Gasteiger partial charge on any atom is -0.462 e. The van der Waals surface area contributed by atoms with Crippen molar-refractivity contribution in [1.29, 1.82) is 0 Å². The number of likely N-dealkylation sites (tertiary alicyclic amines) is 1. The van der Waals surface area contributed by atoms with Gasteiger partial charge in [0.05, 0.1) is 12.2 Å². The van der Waals surface area contributed by atoms with E-state index in [9.17, 15) is 9.59 Å². The van der Waals surface area contributed by atoms with Crippen LogP contribution in [0.1, 0.15) is 56.5 Å². The Kier molecular flexibility index (Phi) is 8.55. The van der Waals surface area contributed by atoms with Crippen LogP contribution in [0.4, 0.5) is 4.79 Å². The number of halogens is 1. The summed E-state index contributed by atoms with van der Waals surface area (Å²) in [5.41, 5.74) is 1.32. The molecule has 0 bridgehead atoms. The molecule has 0 aliphatic carbocycles. The Morgan fingerprint density at radius 1 is 1.25 bits per heavy atom. The average molecular weight is 502 g/mol. The fourth-order valence-corrected chi connectivity index (χ4v) is 3.95. The first-order chi connectivity index (χ1) is 13.2. The highest BCUT2D eigenvalue weighted by Crippen LogP contribution is 2.23. The maximum absolute atomic E-state index is 12.1. The molecule has 1 aliphatic rings. The molecule has 7 heteroatoms. The second-order valence-corrected chi connectivity index (χ2v) is 9.18. The summed E-state index contributed by atoms with van der Waals surface area (Å²) in [6.45, 7) is 11.2. The van der Waals surface area contributed by atoms with Crippen LogP contribution >= 0.6 is 22.6 Å². The van der Waals surface area contributed by atoms with Crippen molar-refractivity contribution < 1.29 is 19.1 Å². The Bertz CT molecular complexity index is 679. The molecule has 0 atom stereocenters. The highest BCUT2D eigenvalue weighted by Gasteiger charge is 2.23. The maximum atomic E-state index is 12.1. The molecule has 6 nitrogen and oxygen atoms in total. The van der Waals surface area contributed by atoms with Crippen LogP contribution in [0.15, 0.2) is 18.2 Å². The average Bonchev–Trinajstić information content (AvgIpc) is 2.61. The molecule has 0 spiro atoms. The second-order valence-electron chi connectivity index (χ2n) is 8.10. The van der Waals surface area contributed by atoms with Crippen LogP contribution in [0.2, 0.25) is 0 Å². The largest absolute Gasteiger partial charge is 0.462 e. The van der Waals surface area contributed by atoms with Gasteiger partial charge in [0.1, 0.15) is 5.60 Å². The third-order valence-electron chi connectivity index (χ3n) is 4.61. The van der Waals surface area contributed by atoms with Gasteiger partial charge in [0.15, 0.2) is 0 Å². The zero-order valence-corrected chi connectivity index (χ0v) is 19.4. The Morgan fingerprint density at radius 2 is 1.93 bits per heavy atom. The summed E-state index contributed by atoms with van der Waals surface area (Å²) in [4.78, 5) is 26.3. The lowest BCUT2D eigenvalue weighted by Gasteiger charge is -2.32. The minimum atomic E-state index is -0.470. The predicted octanol–water partition coefficient (Wildman–Crippen LogP) is 4.20. The van der Waals surface area contributed by atoms with E-state index < -0.39 is 5.60 Å². The van der Waals surface area contributed by atoms with Crippen LogP contribution in [0, 0.1) is 9.49 Å². The normalized spacial score (nSPS) is 15.9. The molecule has 156 valence electrons. The number of alkyl carbamates (subject to hydrolysis) is 1. The fourth-order valence-electron chi connectivity index (χ4n) is 3.20. The van der Waals surface area contributed by atoms with Crippen LogP contribution < -0.4 is 5.32 Å². The van der Waals surface area contributed by atoms with E-state index in [2.05, 4.69) is 38.9 Å². The lowest BCUT2D eigenvalue weighted by molar-refractivity contribution is 0.0503. The number of nitrogens with one attached hydrogen (secondary N) is 1. The van der Waals surface area contributed by atoms with Crippen LogP contribution in [0.3, 0.4) is 0 Å². The first kappa shape index (κ1) is 22.9. The van der Waals surface area contributed by atoms with E-state index >= 15 is 0 Å². The molecule has 0 unspecified atom stereocenters. The fraction of sp³-hybridized carbons (Fsp3) is 0.619. The minimum absolute atomic E-state index is 0.263. The number of benzene rings is 1. The van der Waals surface area contributed by atoms with E-state index in [0.717, 1.165) is 41.6 Å². The summed E-state index contributed by atoms with van der Waals surface area (Å²) >= 11 is 2.24. The summed E-state index contributed by atoms with van der Waals surface area (Å²) < 4.78 is 11.4. The monoisotopic (exact) mass is 502 g/mol. The quantitative estimate of drug-likeness (QED) is 0.467. The van der Waals surface area contributed by atoms with Crippen molar-refractivity contribution in [2.24, 2.45) is 5.92 Å². The standard InChI is InChI=1S/C21H31IN2O4/c1-5-27-19(25)17-8-6-7-16(18(17)22)14-24-11-9-15(10-12-24)13-23-20(26)28-21(2,3)4/h6-8,15H,5,9-14H2,1-4H3,(H,23,26). The van der Waals surface area contributed by atoms with E-state index in [4.69, 9.17) is 9.47 Å². The molecular weight excluding hydrogens is 471 g/mol. The number of carbonyl (C=O) groups excluding carboxylic acids is 2. The zero-order chi connectivity index (χ0) is 20.7. The molecule has 0 radical (unpaired) electrons. The van der Waals surface area contributed by atoms with Gasteiger partial charge in [-0.05, 0) is 93.8 Å². The number of nitrogens with zero attached hydrogens (tertiary/aromatic N) is 1. The van der Waals surface area contributed by atoms with E-state index in [0.29, 0.717) is 24.6 Å². The van der Waals surface area contributed by atoms with Crippen molar-refractivity contribution in [3.63, 3.8) is 0 Å². The third kappa shape index (κ3) is 7.24. The highest BCUT2D eigenvalue weighted by atomic mass is 127. The third-order valence-corrected chi connectivity index (χ3v) is 5.88. The first-order valence-electron chi connectivity index (χ1n) is 9.83. The lowest BCUT2D eigenvalue weighted by Crippen LogP contribution is -2.40. The van der Waals surface area contributed by atoms with Gasteiger partial charge in [-0.3, -0.25) is 4.90 Å². The Morgan fingerprint density at radius 3 is 2.54 bits per heavy atom. The maximum Gasteiger partial charge on any atom is 0.407 e. The molecule has 1 aliphatic heterocycles. The van der Waals surface area contributed by atoms with E-state index in [-0.39, 0.29) is 12.1 Å². The van der Waals surface area contributed by atoms with Gasteiger partial charge in [-0.15, -0.1) is 0 Å². The number of rotatable bonds is 6. The number of esters is 1. The summed E-state index contributed by atoms with van der Waals surface area (Å²) in [7, 11) is 0. The Balaban J connectivity index is 1.82. The van der Waals surface area contributed by atoms with Gasteiger partial charge < -0.3 is 14.8 Å². The van der Waals surface area contributed by atoms with Crippen LogP contribution in [0.5, 0.6) is 0 Å². The highest BCUT2D eigenvalue weighted by molar-refractivity contribution is 14.1. The molecule has 1 fully saturated rings. The number of piperidine rings is 1. The Hall–Kier alpha value is -1.35. The predicted molar refractivity (Wildman–Crippen MR) is 117 cm³/mol. The van der Waals surface area contributed by atoms with E-state index in [1.807, 2.05) is 39.8 Å². The Labute approximate surface area is 181 Å². The molecule has 1 heterocycles. The summed E-state index contributed by atoms with van der Waals surface area (Å²) in [5, 5.41) is 2.88. The smallest absolute Gasteiger partial charge is 0.407 e. The van der Waals surface area contributed by atoms with Gasteiger partial charge >= 0.3 is 12.1 Å². The van der Waals surface area contributed by atoms with Crippen LogP contribution in [-0.2, 0) is 16.0 Å². The summed E-state index contributed by atoms with van der Waals surface area (Å²) in [6.07, 6.45) is 1.72.